The molecule has 6 heteroatoms. The van der Waals surface area contributed by atoms with E-state index in [1.807, 2.05) is 6.92 Å². The van der Waals surface area contributed by atoms with Crippen molar-refractivity contribution >= 4 is 5.82 Å². The first-order valence-corrected chi connectivity index (χ1v) is 7.23. The highest BCUT2D eigenvalue weighted by Gasteiger charge is 2.12. The van der Waals surface area contributed by atoms with E-state index >= 15 is 0 Å². The second-order valence-corrected chi connectivity index (χ2v) is 4.96. The number of ether oxygens (including phenoxy) is 2. The molecule has 112 valence electrons. The number of aromatic nitrogens is 2. The average Bonchev–Trinajstić information content (AvgIpc) is 2.49. The molecule has 2 heterocycles. The number of hydrogen-bond acceptors (Lipinski definition) is 6. The van der Waals surface area contributed by atoms with Crippen LogP contribution in [0.5, 0.6) is 5.88 Å². The monoisotopic (exact) mass is 280 g/mol. The van der Waals surface area contributed by atoms with Crippen molar-refractivity contribution in [2.45, 2.75) is 32.3 Å². The maximum Gasteiger partial charge on any atom is 0.221 e. The summed E-state index contributed by atoms with van der Waals surface area (Å²) in [6, 6.07) is 0. The van der Waals surface area contributed by atoms with Gasteiger partial charge in [0.25, 0.3) is 0 Å². The SMILES string of the molecule is COc1ncnc(NCCCOC2CCNCC2)c1C. The molecule has 0 aliphatic carbocycles. The van der Waals surface area contributed by atoms with Crippen LogP contribution in [-0.4, -0.2) is 49.4 Å². The molecule has 1 saturated heterocycles. The predicted molar refractivity (Wildman–Crippen MR) is 78.3 cm³/mol. The van der Waals surface area contributed by atoms with Crippen LogP contribution < -0.4 is 15.4 Å². The molecule has 1 aliphatic heterocycles. The van der Waals surface area contributed by atoms with E-state index in [9.17, 15) is 0 Å². The van der Waals surface area contributed by atoms with Crippen molar-refractivity contribution < 1.29 is 9.47 Å². The fourth-order valence-corrected chi connectivity index (χ4v) is 2.31. The van der Waals surface area contributed by atoms with Crippen LogP contribution in [0.2, 0.25) is 0 Å². The Kier molecular flexibility index (Phi) is 6.01. The molecule has 2 rings (SSSR count). The van der Waals surface area contributed by atoms with Gasteiger partial charge in [-0.3, -0.25) is 0 Å². The zero-order chi connectivity index (χ0) is 14.2. The predicted octanol–water partition coefficient (Wildman–Crippen LogP) is 1.36. The minimum atomic E-state index is 0.428. The molecule has 0 aromatic carbocycles. The van der Waals surface area contributed by atoms with E-state index in [0.717, 1.165) is 56.9 Å². The van der Waals surface area contributed by atoms with Gasteiger partial charge in [-0.1, -0.05) is 0 Å². The highest BCUT2D eigenvalue weighted by Crippen LogP contribution is 2.19. The Hall–Kier alpha value is -1.40. The summed E-state index contributed by atoms with van der Waals surface area (Å²) in [6.45, 7) is 5.73. The van der Waals surface area contributed by atoms with Crippen molar-refractivity contribution in [3.8, 4) is 5.88 Å². The van der Waals surface area contributed by atoms with Gasteiger partial charge in [0.05, 0.1) is 18.8 Å². The van der Waals surface area contributed by atoms with Crippen LogP contribution in [0.15, 0.2) is 6.33 Å². The van der Waals surface area contributed by atoms with Gasteiger partial charge in [0, 0.05) is 13.2 Å². The second kappa shape index (κ2) is 8.01. The van der Waals surface area contributed by atoms with Gasteiger partial charge in [0.2, 0.25) is 5.88 Å². The largest absolute Gasteiger partial charge is 0.481 e. The van der Waals surface area contributed by atoms with Crippen LogP contribution in [0.25, 0.3) is 0 Å². The number of hydrogen-bond donors (Lipinski definition) is 2. The smallest absolute Gasteiger partial charge is 0.221 e. The maximum absolute atomic E-state index is 5.86. The normalized spacial score (nSPS) is 16.1. The quantitative estimate of drug-likeness (QED) is 0.735. The number of piperidine rings is 1. The summed E-state index contributed by atoms with van der Waals surface area (Å²) in [6.07, 6.45) is 5.15. The maximum atomic E-state index is 5.86. The van der Waals surface area contributed by atoms with E-state index in [0.29, 0.717) is 12.0 Å². The Morgan fingerprint density at radius 2 is 2.15 bits per heavy atom. The van der Waals surface area contributed by atoms with E-state index in [2.05, 4.69) is 20.6 Å². The molecular weight excluding hydrogens is 256 g/mol. The topological polar surface area (TPSA) is 68.3 Å². The Balaban J connectivity index is 1.65. The highest BCUT2D eigenvalue weighted by molar-refractivity contribution is 5.47. The molecule has 0 atom stereocenters. The van der Waals surface area contributed by atoms with E-state index < -0.39 is 0 Å². The zero-order valence-corrected chi connectivity index (χ0v) is 12.3. The molecule has 0 radical (unpaired) electrons. The molecule has 1 aromatic rings. The Labute approximate surface area is 120 Å². The van der Waals surface area contributed by atoms with Crippen molar-refractivity contribution in [1.29, 1.82) is 0 Å². The molecule has 2 N–H and O–H groups in total. The first-order valence-electron chi connectivity index (χ1n) is 7.23. The Morgan fingerprint density at radius 1 is 1.35 bits per heavy atom. The van der Waals surface area contributed by atoms with E-state index in [-0.39, 0.29) is 0 Å². The molecule has 20 heavy (non-hydrogen) atoms. The number of methoxy groups -OCH3 is 1. The fraction of sp³-hybridized carbons (Fsp3) is 0.714. The highest BCUT2D eigenvalue weighted by atomic mass is 16.5. The molecule has 1 aromatic heterocycles. The lowest BCUT2D eigenvalue weighted by Gasteiger charge is -2.22. The number of nitrogens with one attached hydrogen (secondary N) is 2. The zero-order valence-electron chi connectivity index (χ0n) is 12.3. The standard InChI is InChI=1S/C14H24N4O2/c1-11-13(17-10-18-14(11)19-2)16-6-3-9-20-12-4-7-15-8-5-12/h10,12,15H,3-9H2,1-2H3,(H,16,17,18). The lowest BCUT2D eigenvalue weighted by Crippen LogP contribution is -2.32. The molecule has 0 bridgehead atoms. The summed E-state index contributed by atoms with van der Waals surface area (Å²) in [5, 5.41) is 6.64. The minimum Gasteiger partial charge on any atom is -0.481 e. The third-order valence-corrected chi connectivity index (χ3v) is 3.48. The molecule has 6 nitrogen and oxygen atoms in total. The Bertz CT molecular complexity index is 408. The lowest BCUT2D eigenvalue weighted by atomic mass is 10.1. The summed E-state index contributed by atoms with van der Waals surface area (Å²) >= 11 is 0. The number of nitrogens with zero attached hydrogens (tertiary/aromatic N) is 2. The van der Waals surface area contributed by atoms with Gasteiger partial charge in [0.1, 0.15) is 12.1 Å². The van der Waals surface area contributed by atoms with Crippen LogP contribution in [0, 0.1) is 6.92 Å². The van der Waals surface area contributed by atoms with E-state index in [1.165, 1.54) is 6.33 Å². The number of anilines is 1. The van der Waals surface area contributed by atoms with Crippen LogP contribution in [0.3, 0.4) is 0 Å². The van der Waals surface area contributed by atoms with Crippen molar-refractivity contribution in [2.75, 3.05) is 38.7 Å². The lowest BCUT2D eigenvalue weighted by molar-refractivity contribution is 0.0329. The molecule has 0 unspecified atom stereocenters. The summed E-state index contributed by atoms with van der Waals surface area (Å²) in [4.78, 5) is 8.28. The second-order valence-electron chi connectivity index (χ2n) is 4.96. The molecule has 1 aliphatic rings. The minimum absolute atomic E-state index is 0.428. The van der Waals surface area contributed by atoms with Crippen LogP contribution in [-0.2, 0) is 4.74 Å². The fourth-order valence-electron chi connectivity index (χ4n) is 2.31. The van der Waals surface area contributed by atoms with Crippen molar-refractivity contribution in [3.63, 3.8) is 0 Å². The van der Waals surface area contributed by atoms with Gasteiger partial charge in [-0.15, -0.1) is 0 Å². The van der Waals surface area contributed by atoms with Gasteiger partial charge < -0.3 is 20.1 Å². The van der Waals surface area contributed by atoms with Crippen LogP contribution >= 0.6 is 0 Å². The summed E-state index contributed by atoms with van der Waals surface area (Å²) in [5.74, 6) is 1.45. The molecule has 0 amide bonds. The average molecular weight is 280 g/mol. The first-order chi connectivity index (χ1) is 9.81. The van der Waals surface area contributed by atoms with Gasteiger partial charge >= 0.3 is 0 Å². The van der Waals surface area contributed by atoms with E-state index in [4.69, 9.17) is 9.47 Å². The van der Waals surface area contributed by atoms with Crippen LogP contribution in [0.4, 0.5) is 5.82 Å². The first kappa shape index (κ1) is 15.0. The molecule has 1 fully saturated rings. The third-order valence-electron chi connectivity index (χ3n) is 3.48. The van der Waals surface area contributed by atoms with Crippen molar-refractivity contribution in [2.24, 2.45) is 0 Å². The van der Waals surface area contributed by atoms with E-state index in [1.54, 1.807) is 7.11 Å². The molecular formula is C14H24N4O2. The van der Waals surface area contributed by atoms with Gasteiger partial charge in [-0.2, -0.15) is 0 Å². The summed E-state index contributed by atoms with van der Waals surface area (Å²) in [7, 11) is 1.62. The van der Waals surface area contributed by atoms with Gasteiger partial charge in [-0.25, -0.2) is 9.97 Å². The Morgan fingerprint density at radius 3 is 2.90 bits per heavy atom. The summed E-state index contributed by atoms with van der Waals surface area (Å²) in [5.41, 5.74) is 0.939. The van der Waals surface area contributed by atoms with Crippen molar-refractivity contribution in [1.82, 2.24) is 15.3 Å². The number of rotatable bonds is 7. The van der Waals surface area contributed by atoms with Crippen molar-refractivity contribution in [3.05, 3.63) is 11.9 Å². The van der Waals surface area contributed by atoms with Crippen LogP contribution in [0.1, 0.15) is 24.8 Å². The molecule has 0 spiro atoms. The third kappa shape index (κ3) is 4.31. The van der Waals surface area contributed by atoms with Gasteiger partial charge in [0.15, 0.2) is 0 Å². The summed E-state index contributed by atoms with van der Waals surface area (Å²) < 4.78 is 11.0. The molecule has 0 saturated carbocycles. The van der Waals surface area contributed by atoms with Gasteiger partial charge in [-0.05, 0) is 39.3 Å².